The molecule has 14 heteroatoms. The molecule has 0 aliphatic heterocycles. The van der Waals surface area contributed by atoms with E-state index in [4.69, 9.17) is 46.1 Å². The minimum atomic E-state index is 0.142. The molecule has 0 bridgehead atoms. The van der Waals surface area contributed by atoms with E-state index in [2.05, 4.69) is 61.4 Å². The molecule has 4 aromatic heterocycles. The molecule has 4 heterocycles. The number of hydrogen-bond donors (Lipinski definition) is 4. The zero-order valence-corrected chi connectivity index (χ0v) is 33.9. The largest absolute Gasteiger partial charge is 0.385 e. The number of aromatic nitrogens is 8. The Morgan fingerprint density at radius 3 is 1.98 bits per heavy atom. The fourth-order valence-electron chi connectivity index (χ4n) is 8.78. The number of nitrogens with zero attached hydrogens (tertiary/aromatic N) is 8. The molecule has 14 nitrogen and oxygen atoms in total. The van der Waals surface area contributed by atoms with Crippen molar-refractivity contribution in [3.8, 4) is 22.5 Å². The van der Waals surface area contributed by atoms with Crippen molar-refractivity contribution in [1.29, 1.82) is 0 Å². The van der Waals surface area contributed by atoms with E-state index in [-0.39, 0.29) is 12.0 Å². The number of nitrogens with two attached hydrogens (primary N) is 2. The van der Waals surface area contributed by atoms with E-state index < -0.39 is 0 Å². The number of rotatable bonds is 17. The zero-order valence-electron chi connectivity index (χ0n) is 33.9. The fourth-order valence-corrected chi connectivity index (χ4v) is 8.78. The molecule has 3 unspecified atom stereocenters. The molecular formula is C44H58N12O2. The maximum Gasteiger partial charge on any atom is 0.224 e. The first kappa shape index (κ1) is 39.8. The van der Waals surface area contributed by atoms with Crippen molar-refractivity contribution < 1.29 is 9.47 Å². The van der Waals surface area contributed by atoms with Crippen LogP contribution >= 0.6 is 0 Å². The number of ether oxygens (including phenoxy) is 2. The maximum atomic E-state index is 6.70. The third kappa shape index (κ3) is 9.15. The number of fused-ring (bicyclic) bond motifs is 2. The van der Waals surface area contributed by atoms with Crippen molar-refractivity contribution in [2.24, 2.45) is 23.3 Å². The molecular weight excluding hydrogens is 729 g/mol. The lowest BCUT2D eigenvalue weighted by molar-refractivity contribution is 0.158. The van der Waals surface area contributed by atoms with Gasteiger partial charge in [-0.05, 0) is 81.6 Å². The molecule has 8 rings (SSSR count). The van der Waals surface area contributed by atoms with Crippen LogP contribution in [-0.4, -0.2) is 91.6 Å². The Morgan fingerprint density at radius 1 is 0.707 bits per heavy atom. The van der Waals surface area contributed by atoms with Crippen LogP contribution < -0.4 is 22.1 Å². The van der Waals surface area contributed by atoms with Crippen molar-refractivity contribution in [2.75, 3.05) is 50.7 Å². The standard InChI is InChI=1S/C44H58N12O2/c1-3-58-23-21-48-44-50-26-38-40(53-55(41(38)51-44)27-29-10-17-34(45)18-11-29)32-14-12-30(13-15-32)36-24-35(46)19-16-33(36)28-56-42-37(39(54-56)31-8-5-4-6-9-31)25-49-43(52-42)47-20-7-22-57-2/h4-6,8-9,12-15,25-26,29,33-36H,3,7,10-11,16-24,27-28,45-46H2,1-2H3,(H,47,49,52)(H,48,50,51). The summed E-state index contributed by atoms with van der Waals surface area (Å²) < 4.78 is 14.9. The van der Waals surface area contributed by atoms with Crippen molar-refractivity contribution >= 4 is 34.0 Å². The first-order valence-electron chi connectivity index (χ1n) is 21.2. The van der Waals surface area contributed by atoms with E-state index in [0.717, 1.165) is 116 Å². The van der Waals surface area contributed by atoms with E-state index in [1.165, 1.54) is 5.56 Å². The highest BCUT2D eigenvalue weighted by Crippen LogP contribution is 2.40. The van der Waals surface area contributed by atoms with Crippen LogP contribution in [0.4, 0.5) is 11.9 Å². The van der Waals surface area contributed by atoms with Gasteiger partial charge >= 0.3 is 0 Å². The zero-order chi connectivity index (χ0) is 39.8. The Balaban J connectivity index is 1.07. The van der Waals surface area contributed by atoms with Gasteiger partial charge in [-0.3, -0.25) is 0 Å². The second-order valence-electron chi connectivity index (χ2n) is 16.0. The number of benzene rings is 2. The third-order valence-electron chi connectivity index (χ3n) is 11.9. The number of methoxy groups -OCH3 is 1. The fraction of sp³-hybridized carbons (Fsp3) is 0.500. The van der Waals surface area contributed by atoms with Crippen LogP contribution in [0.2, 0.25) is 0 Å². The van der Waals surface area contributed by atoms with E-state index in [1.54, 1.807) is 7.11 Å². The van der Waals surface area contributed by atoms with Gasteiger partial charge in [0.05, 0.1) is 17.4 Å². The Labute approximate surface area is 340 Å². The highest BCUT2D eigenvalue weighted by atomic mass is 16.5. The summed E-state index contributed by atoms with van der Waals surface area (Å²) >= 11 is 0. The Kier molecular flexibility index (Phi) is 12.8. The molecule has 2 fully saturated rings. The van der Waals surface area contributed by atoms with Crippen molar-refractivity contribution in [1.82, 2.24) is 39.5 Å². The monoisotopic (exact) mass is 786 g/mol. The van der Waals surface area contributed by atoms with E-state index in [1.807, 2.05) is 37.5 Å². The Hall–Kier alpha value is -5.02. The smallest absolute Gasteiger partial charge is 0.224 e. The summed E-state index contributed by atoms with van der Waals surface area (Å²) in [4.78, 5) is 19.4. The Morgan fingerprint density at radius 2 is 1.33 bits per heavy atom. The summed E-state index contributed by atoms with van der Waals surface area (Å²) in [7, 11) is 1.72. The summed E-state index contributed by atoms with van der Waals surface area (Å²) in [6.07, 6.45) is 11.9. The molecule has 0 radical (unpaired) electrons. The van der Waals surface area contributed by atoms with E-state index in [0.29, 0.717) is 56.1 Å². The molecule has 3 atom stereocenters. The molecule has 2 aromatic carbocycles. The number of anilines is 2. The average Bonchev–Trinajstić information content (AvgIpc) is 3.80. The second-order valence-corrected chi connectivity index (χ2v) is 16.0. The van der Waals surface area contributed by atoms with Crippen molar-refractivity contribution in [3.63, 3.8) is 0 Å². The van der Waals surface area contributed by atoms with Crippen molar-refractivity contribution in [2.45, 2.75) is 89.4 Å². The van der Waals surface area contributed by atoms with Gasteiger partial charge in [-0.25, -0.2) is 19.3 Å². The van der Waals surface area contributed by atoms with Gasteiger partial charge in [0.1, 0.15) is 11.4 Å². The molecule has 2 aliphatic rings. The Bertz CT molecular complexity index is 2230. The van der Waals surface area contributed by atoms with Crippen molar-refractivity contribution in [3.05, 3.63) is 72.6 Å². The highest BCUT2D eigenvalue weighted by Gasteiger charge is 2.32. The minimum absolute atomic E-state index is 0.142. The van der Waals surface area contributed by atoms with Gasteiger partial charge in [0.15, 0.2) is 11.3 Å². The summed E-state index contributed by atoms with van der Waals surface area (Å²) in [6.45, 7) is 6.85. The van der Waals surface area contributed by atoms with E-state index >= 15 is 0 Å². The van der Waals surface area contributed by atoms with Crippen LogP contribution in [0.15, 0.2) is 67.0 Å². The predicted molar refractivity (Wildman–Crippen MR) is 229 cm³/mol. The third-order valence-corrected chi connectivity index (χ3v) is 11.9. The maximum absolute atomic E-state index is 6.70. The van der Waals surface area contributed by atoms with Crippen LogP contribution in [0, 0.1) is 11.8 Å². The molecule has 0 amide bonds. The normalized spacial score (nSPS) is 21.1. The lowest BCUT2D eigenvalue weighted by Gasteiger charge is -2.35. The predicted octanol–water partition coefficient (Wildman–Crippen LogP) is 6.63. The molecule has 0 saturated heterocycles. The summed E-state index contributed by atoms with van der Waals surface area (Å²) in [6, 6.07) is 19.7. The van der Waals surface area contributed by atoms with Gasteiger partial charge in [-0.1, -0.05) is 54.6 Å². The van der Waals surface area contributed by atoms with Crippen LogP contribution in [0.25, 0.3) is 44.6 Å². The molecule has 6 aromatic rings. The topological polar surface area (TPSA) is 182 Å². The second kappa shape index (κ2) is 18.7. The van der Waals surface area contributed by atoms with Gasteiger partial charge in [0.2, 0.25) is 11.9 Å². The lowest BCUT2D eigenvalue weighted by atomic mass is 9.73. The summed E-state index contributed by atoms with van der Waals surface area (Å²) in [5.41, 5.74) is 19.8. The molecule has 58 heavy (non-hydrogen) atoms. The first-order chi connectivity index (χ1) is 28.5. The molecule has 2 saturated carbocycles. The van der Waals surface area contributed by atoms with Gasteiger partial charge in [0, 0.05) is 82.1 Å². The molecule has 2 aliphatic carbocycles. The van der Waals surface area contributed by atoms with Crippen LogP contribution in [-0.2, 0) is 22.6 Å². The SMILES string of the molecule is CCOCCNc1ncc2c(-c3ccc(C4CC(N)CCC4Cn4nc(-c5ccccc5)c5cnc(NCCCOC)nc54)cc3)nn(CC3CCC(N)CC3)c2n1. The first-order valence-corrected chi connectivity index (χ1v) is 21.2. The quantitative estimate of drug-likeness (QED) is 0.0726. The van der Waals surface area contributed by atoms with Gasteiger partial charge in [-0.2, -0.15) is 20.2 Å². The molecule has 0 spiro atoms. The number of nitrogens with one attached hydrogen (secondary N) is 2. The van der Waals surface area contributed by atoms with Gasteiger partial charge < -0.3 is 31.6 Å². The lowest BCUT2D eigenvalue weighted by Crippen LogP contribution is -2.34. The number of hydrogen-bond acceptors (Lipinski definition) is 12. The van der Waals surface area contributed by atoms with Crippen LogP contribution in [0.5, 0.6) is 0 Å². The minimum Gasteiger partial charge on any atom is -0.385 e. The van der Waals surface area contributed by atoms with Gasteiger partial charge in [0.25, 0.3) is 0 Å². The molecule has 6 N–H and O–H groups in total. The van der Waals surface area contributed by atoms with Gasteiger partial charge in [-0.15, -0.1) is 0 Å². The molecule has 306 valence electrons. The summed E-state index contributed by atoms with van der Waals surface area (Å²) in [5.74, 6) is 2.27. The van der Waals surface area contributed by atoms with E-state index in [9.17, 15) is 0 Å². The highest BCUT2D eigenvalue weighted by molar-refractivity contribution is 5.92. The average molecular weight is 787 g/mol. The van der Waals surface area contributed by atoms with Crippen LogP contribution in [0.1, 0.15) is 69.8 Å². The van der Waals surface area contributed by atoms with Crippen LogP contribution in [0.3, 0.4) is 0 Å². The summed E-state index contributed by atoms with van der Waals surface area (Å²) in [5, 5.41) is 19.0.